The summed E-state index contributed by atoms with van der Waals surface area (Å²) >= 11 is 0. The van der Waals surface area contributed by atoms with Gasteiger partial charge in [0.05, 0.1) is 12.2 Å². The second-order valence-corrected chi connectivity index (χ2v) is 5.18. The SMILES string of the molecule is CC(C)=CCC[C@@H](C)[C@@H]1C[C@H](O)C=C[C@H]1O. The van der Waals surface area contributed by atoms with Crippen LogP contribution in [0.4, 0.5) is 0 Å². The highest BCUT2D eigenvalue weighted by Crippen LogP contribution is 2.29. The molecule has 0 aromatic rings. The lowest BCUT2D eigenvalue weighted by Gasteiger charge is -2.31. The standard InChI is InChI=1S/C14H24O2/c1-10(2)5-4-6-11(3)13-9-12(15)7-8-14(13)16/h5,7-8,11-16H,4,6,9H2,1-3H3/t11-,12-,13+,14-/m1/s1. The average Bonchev–Trinajstić information content (AvgIpc) is 2.21. The van der Waals surface area contributed by atoms with Crippen LogP contribution in [0.1, 0.15) is 40.0 Å². The molecule has 92 valence electrons. The molecule has 1 aliphatic rings. The predicted octanol–water partition coefficient (Wildman–Crippen LogP) is 2.67. The molecule has 0 saturated heterocycles. The van der Waals surface area contributed by atoms with Gasteiger partial charge in [-0.05, 0) is 44.9 Å². The number of aliphatic hydroxyl groups is 2. The quantitative estimate of drug-likeness (QED) is 0.721. The summed E-state index contributed by atoms with van der Waals surface area (Å²) in [7, 11) is 0. The van der Waals surface area contributed by atoms with E-state index in [9.17, 15) is 10.2 Å². The Hall–Kier alpha value is -0.600. The molecule has 0 aromatic heterocycles. The van der Waals surface area contributed by atoms with Crippen LogP contribution in [0.15, 0.2) is 23.8 Å². The summed E-state index contributed by atoms with van der Waals surface area (Å²) in [6, 6.07) is 0. The normalized spacial score (nSPS) is 31.2. The van der Waals surface area contributed by atoms with Crippen LogP contribution >= 0.6 is 0 Å². The van der Waals surface area contributed by atoms with Crippen LogP contribution in [0.2, 0.25) is 0 Å². The van der Waals surface area contributed by atoms with Gasteiger partial charge in [0, 0.05) is 0 Å². The van der Waals surface area contributed by atoms with E-state index in [-0.39, 0.29) is 18.1 Å². The molecule has 0 heterocycles. The largest absolute Gasteiger partial charge is 0.389 e. The summed E-state index contributed by atoms with van der Waals surface area (Å²) in [5.41, 5.74) is 1.34. The van der Waals surface area contributed by atoms with Gasteiger partial charge in [0.2, 0.25) is 0 Å². The van der Waals surface area contributed by atoms with Crippen LogP contribution in [-0.4, -0.2) is 22.4 Å². The molecule has 0 fully saturated rings. The molecule has 0 bridgehead atoms. The van der Waals surface area contributed by atoms with Gasteiger partial charge < -0.3 is 10.2 Å². The fourth-order valence-electron chi connectivity index (χ4n) is 2.30. The zero-order valence-electron chi connectivity index (χ0n) is 10.6. The highest BCUT2D eigenvalue weighted by molar-refractivity contribution is 5.03. The Kier molecular flexibility index (Phi) is 5.23. The number of hydrogen-bond donors (Lipinski definition) is 2. The fraction of sp³-hybridized carbons (Fsp3) is 0.714. The van der Waals surface area contributed by atoms with Gasteiger partial charge in [0.15, 0.2) is 0 Å². The number of allylic oxidation sites excluding steroid dienone is 2. The Balaban J connectivity index is 2.44. The smallest absolute Gasteiger partial charge is 0.0753 e. The highest BCUT2D eigenvalue weighted by atomic mass is 16.3. The molecular formula is C14H24O2. The van der Waals surface area contributed by atoms with Gasteiger partial charge in [-0.15, -0.1) is 0 Å². The minimum atomic E-state index is -0.384. The second-order valence-electron chi connectivity index (χ2n) is 5.18. The molecule has 0 unspecified atom stereocenters. The number of aliphatic hydroxyl groups excluding tert-OH is 2. The van der Waals surface area contributed by atoms with Crippen LogP contribution in [0.5, 0.6) is 0 Å². The Morgan fingerprint density at radius 3 is 2.69 bits per heavy atom. The lowest BCUT2D eigenvalue weighted by atomic mass is 9.79. The summed E-state index contributed by atoms with van der Waals surface area (Å²) < 4.78 is 0. The summed E-state index contributed by atoms with van der Waals surface area (Å²) in [6.07, 6.45) is 7.73. The third-order valence-electron chi connectivity index (χ3n) is 3.39. The van der Waals surface area contributed by atoms with Gasteiger partial charge in [0.1, 0.15) is 0 Å². The van der Waals surface area contributed by atoms with Gasteiger partial charge >= 0.3 is 0 Å². The molecule has 2 nitrogen and oxygen atoms in total. The molecule has 0 amide bonds. The molecule has 2 heteroatoms. The predicted molar refractivity (Wildman–Crippen MR) is 67.1 cm³/mol. The summed E-state index contributed by atoms with van der Waals surface area (Å²) in [5.74, 6) is 0.649. The van der Waals surface area contributed by atoms with E-state index in [4.69, 9.17) is 0 Å². The van der Waals surface area contributed by atoms with Gasteiger partial charge in [-0.1, -0.05) is 30.7 Å². The molecular weight excluding hydrogens is 200 g/mol. The third-order valence-corrected chi connectivity index (χ3v) is 3.39. The third kappa shape index (κ3) is 4.11. The maximum absolute atomic E-state index is 9.85. The first-order valence-electron chi connectivity index (χ1n) is 6.18. The van der Waals surface area contributed by atoms with Crippen LogP contribution < -0.4 is 0 Å². The topological polar surface area (TPSA) is 40.5 Å². The minimum Gasteiger partial charge on any atom is -0.389 e. The maximum atomic E-state index is 9.85. The highest BCUT2D eigenvalue weighted by Gasteiger charge is 2.28. The maximum Gasteiger partial charge on any atom is 0.0753 e. The Morgan fingerprint density at radius 2 is 2.06 bits per heavy atom. The Labute approximate surface area is 98.7 Å². The van der Waals surface area contributed by atoms with Crippen LogP contribution in [0, 0.1) is 11.8 Å². The zero-order chi connectivity index (χ0) is 12.1. The molecule has 0 saturated carbocycles. The first-order valence-corrected chi connectivity index (χ1v) is 6.18. The van der Waals surface area contributed by atoms with Crippen molar-refractivity contribution in [2.75, 3.05) is 0 Å². The van der Waals surface area contributed by atoms with Crippen molar-refractivity contribution in [3.63, 3.8) is 0 Å². The van der Waals surface area contributed by atoms with Crippen molar-refractivity contribution in [1.29, 1.82) is 0 Å². The molecule has 16 heavy (non-hydrogen) atoms. The lowest BCUT2D eigenvalue weighted by molar-refractivity contribution is 0.0601. The van der Waals surface area contributed by atoms with Crippen LogP contribution in [-0.2, 0) is 0 Å². The fourth-order valence-corrected chi connectivity index (χ4v) is 2.30. The Morgan fingerprint density at radius 1 is 1.38 bits per heavy atom. The monoisotopic (exact) mass is 224 g/mol. The number of rotatable bonds is 4. The van der Waals surface area contributed by atoms with Gasteiger partial charge in [-0.3, -0.25) is 0 Å². The minimum absolute atomic E-state index is 0.200. The summed E-state index contributed by atoms with van der Waals surface area (Å²) in [4.78, 5) is 0. The molecule has 2 N–H and O–H groups in total. The van der Waals surface area contributed by atoms with E-state index in [1.807, 2.05) is 0 Å². The molecule has 4 atom stereocenters. The first-order chi connectivity index (χ1) is 7.50. The van der Waals surface area contributed by atoms with Crippen molar-refractivity contribution in [3.8, 4) is 0 Å². The van der Waals surface area contributed by atoms with Crippen LogP contribution in [0.25, 0.3) is 0 Å². The van der Waals surface area contributed by atoms with E-state index in [1.165, 1.54) is 5.57 Å². The second kappa shape index (κ2) is 6.21. The van der Waals surface area contributed by atoms with Crippen molar-refractivity contribution < 1.29 is 10.2 Å². The van der Waals surface area contributed by atoms with Crippen molar-refractivity contribution in [2.24, 2.45) is 11.8 Å². The molecule has 0 radical (unpaired) electrons. The summed E-state index contributed by atoms with van der Waals surface area (Å²) in [6.45, 7) is 6.37. The van der Waals surface area contributed by atoms with E-state index >= 15 is 0 Å². The van der Waals surface area contributed by atoms with Gasteiger partial charge in [0.25, 0.3) is 0 Å². The van der Waals surface area contributed by atoms with E-state index in [0.717, 1.165) is 12.8 Å². The van der Waals surface area contributed by atoms with E-state index in [1.54, 1.807) is 12.2 Å². The van der Waals surface area contributed by atoms with Crippen molar-refractivity contribution in [1.82, 2.24) is 0 Å². The van der Waals surface area contributed by atoms with Gasteiger partial charge in [-0.25, -0.2) is 0 Å². The van der Waals surface area contributed by atoms with E-state index < -0.39 is 0 Å². The van der Waals surface area contributed by atoms with Crippen molar-refractivity contribution >= 4 is 0 Å². The summed E-state index contributed by atoms with van der Waals surface area (Å²) in [5, 5.41) is 19.4. The molecule has 0 aromatic carbocycles. The van der Waals surface area contributed by atoms with Crippen molar-refractivity contribution in [3.05, 3.63) is 23.8 Å². The van der Waals surface area contributed by atoms with Crippen LogP contribution in [0.3, 0.4) is 0 Å². The molecule has 0 aliphatic heterocycles. The molecule has 1 rings (SSSR count). The molecule has 0 spiro atoms. The molecule has 1 aliphatic carbocycles. The van der Waals surface area contributed by atoms with Gasteiger partial charge in [-0.2, -0.15) is 0 Å². The van der Waals surface area contributed by atoms with E-state index in [0.29, 0.717) is 12.3 Å². The average molecular weight is 224 g/mol. The zero-order valence-corrected chi connectivity index (χ0v) is 10.6. The first kappa shape index (κ1) is 13.5. The Bertz CT molecular complexity index is 264. The number of hydrogen-bond acceptors (Lipinski definition) is 2. The lowest BCUT2D eigenvalue weighted by Crippen LogP contribution is -2.32. The van der Waals surface area contributed by atoms with E-state index in [2.05, 4.69) is 26.8 Å². The van der Waals surface area contributed by atoms with Crippen molar-refractivity contribution in [2.45, 2.75) is 52.2 Å².